The fraction of sp³-hybridized carbons (Fsp3) is 0.183. The summed E-state index contributed by atoms with van der Waals surface area (Å²) in [5.74, 6) is 1.85. The predicted molar refractivity (Wildman–Crippen MR) is 320 cm³/mol. The molecule has 0 aliphatic heterocycles. The van der Waals surface area contributed by atoms with Crippen molar-refractivity contribution in [1.82, 2.24) is 0 Å². The molecule has 9 aromatic carbocycles. The van der Waals surface area contributed by atoms with Crippen LogP contribution < -0.4 is 14.7 Å². The molecule has 3 nitrogen and oxygen atoms in total. The number of nitrogens with zero attached hydrogens (tertiary/aromatic N) is 3. The second-order valence-electron chi connectivity index (χ2n) is 20.7. The fourth-order valence-corrected chi connectivity index (χ4v) is 13.1. The summed E-state index contributed by atoms with van der Waals surface area (Å²) in [4.78, 5) is 10.3. The molecule has 2 aliphatic rings. The fourth-order valence-electron chi connectivity index (χ4n) is 12.1. The molecule has 2 aliphatic carbocycles. The van der Waals surface area contributed by atoms with Gasteiger partial charge in [-0.05, 0) is 219 Å². The van der Waals surface area contributed by atoms with Crippen LogP contribution in [0.1, 0.15) is 90.0 Å². The summed E-state index contributed by atoms with van der Waals surface area (Å²) < 4.78 is 0. The molecule has 10 aromatic rings. The van der Waals surface area contributed by atoms with E-state index in [0.29, 0.717) is 23.8 Å². The summed E-state index contributed by atoms with van der Waals surface area (Å²) >= 11 is 1.99. The molecule has 0 N–H and O–H groups in total. The second-order valence-corrected chi connectivity index (χ2v) is 22.1. The van der Waals surface area contributed by atoms with Crippen molar-refractivity contribution < 1.29 is 0 Å². The van der Waals surface area contributed by atoms with Gasteiger partial charge in [0.15, 0.2) is 0 Å². The van der Waals surface area contributed by atoms with Crippen LogP contribution in [0.3, 0.4) is 0 Å². The van der Waals surface area contributed by atoms with Crippen LogP contribution in [-0.2, 0) is 0 Å². The van der Waals surface area contributed by atoms with Crippen molar-refractivity contribution in [2.45, 2.75) is 82.1 Å². The van der Waals surface area contributed by atoms with Gasteiger partial charge >= 0.3 is 0 Å². The minimum atomic E-state index is 0.450. The molecule has 75 heavy (non-hydrogen) atoms. The molecule has 0 saturated heterocycles. The highest BCUT2D eigenvalue weighted by atomic mass is 32.1. The van der Waals surface area contributed by atoms with Crippen LogP contribution in [-0.4, -0.2) is 6.04 Å². The molecule has 2 fully saturated rings. The van der Waals surface area contributed by atoms with E-state index in [4.69, 9.17) is 0 Å². The number of aryl methyl sites for hydroxylation is 1. The lowest BCUT2D eigenvalue weighted by Crippen LogP contribution is -2.34. The first-order valence-corrected chi connectivity index (χ1v) is 28.1. The van der Waals surface area contributed by atoms with E-state index in [9.17, 15) is 0 Å². The smallest absolute Gasteiger partial charge is 0.0462 e. The molecule has 0 bridgehead atoms. The van der Waals surface area contributed by atoms with Crippen LogP contribution in [0, 0.1) is 6.92 Å². The number of anilines is 8. The third-order valence-electron chi connectivity index (χ3n) is 16.1. The Kier molecular flexibility index (Phi) is 14.3. The van der Waals surface area contributed by atoms with Gasteiger partial charge in [0.1, 0.15) is 0 Å². The average molecular weight is 992 g/mol. The first kappa shape index (κ1) is 48.0. The number of hydrogen-bond donors (Lipinski definition) is 0. The highest BCUT2D eigenvalue weighted by Gasteiger charge is 2.30. The summed E-state index contributed by atoms with van der Waals surface area (Å²) in [6.45, 7) is 2.24. The molecule has 0 atom stereocenters. The Bertz CT molecular complexity index is 3280. The van der Waals surface area contributed by atoms with Crippen LogP contribution >= 0.6 is 11.3 Å². The third kappa shape index (κ3) is 10.7. The first-order valence-electron chi connectivity index (χ1n) is 27.2. The maximum atomic E-state index is 2.67. The Hall–Kier alpha value is -7.92. The summed E-state index contributed by atoms with van der Waals surface area (Å²) in [6.07, 6.45) is 9.72. The van der Waals surface area contributed by atoms with Crippen LogP contribution in [0.15, 0.2) is 255 Å². The summed E-state index contributed by atoms with van der Waals surface area (Å²) in [5, 5.41) is 0. The van der Waals surface area contributed by atoms with Crippen LogP contribution in [0.25, 0.3) is 22.3 Å². The SMILES string of the molecule is Cc1ccc(C2CCC(N(c3ccc(-c4ccc(-c5ccc(N(c6ccccc6)c6ccccc6)cc5)cc4)cc3)c3ccc(C4CCC(c5ccc(N(c6ccccc6)c6ccccc6)cc5)CC4)cc3)CC2)s1. The molecular formula is C71H65N3S. The summed E-state index contributed by atoms with van der Waals surface area (Å²) in [5.41, 5.74) is 17.4. The number of rotatable bonds is 14. The highest BCUT2D eigenvalue weighted by Crippen LogP contribution is 2.45. The zero-order valence-corrected chi connectivity index (χ0v) is 43.8. The lowest BCUT2D eigenvalue weighted by molar-refractivity contribution is 0.394. The number of thiophene rings is 1. The second kappa shape index (κ2) is 22.3. The van der Waals surface area contributed by atoms with Gasteiger partial charge in [-0.25, -0.2) is 0 Å². The number of hydrogen-bond acceptors (Lipinski definition) is 4. The van der Waals surface area contributed by atoms with Crippen molar-refractivity contribution in [1.29, 1.82) is 0 Å². The van der Waals surface area contributed by atoms with Crippen LogP contribution in [0.4, 0.5) is 45.5 Å². The van der Waals surface area contributed by atoms with Gasteiger partial charge in [0.2, 0.25) is 0 Å². The zero-order chi connectivity index (χ0) is 50.3. The van der Waals surface area contributed by atoms with Gasteiger partial charge in [-0.2, -0.15) is 0 Å². The Labute approximate surface area is 449 Å². The first-order chi connectivity index (χ1) is 37.1. The predicted octanol–water partition coefficient (Wildman–Crippen LogP) is 20.6. The van der Waals surface area contributed by atoms with Crippen molar-refractivity contribution in [3.8, 4) is 22.3 Å². The zero-order valence-electron chi connectivity index (χ0n) is 43.0. The van der Waals surface area contributed by atoms with Crippen molar-refractivity contribution >= 4 is 56.8 Å². The maximum Gasteiger partial charge on any atom is 0.0462 e. The van der Waals surface area contributed by atoms with Gasteiger partial charge in [0.25, 0.3) is 0 Å². The topological polar surface area (TPSA) is 9.72 Å². The number of benzene rings is 9. The van der Waals surface area contributed by atoms with Crippen molar-refractivity contribution in [3.05, 3.63) is 276 Å². The van der Waals surface area contributed by atoms with Gasteiger partial charge in [-0.15, -0.1) is 11.3 Å². The Balaban J connectivity index is 0.734. The third-order valence-corrected chi connectivity index (χ3v) is 17.3. The Morgan fingerprint density at radius 3 is 0.920 bits per heavy atom. The van der Waals surface area contributed by atoms with E-state index in [1.54, 1.807) is 4.88 Å². The molecule has 2 saturated carbocycles. The number of para-hydroxylation sites is 4. The molecule has 12 rings (SSSR count). The van der Waals surface area contributed by atoms with E-state index in [1.807, 2.05) is 11.3 Å². The standard InChI is InChI=1S/C71H65N3S/c1-52-22-51-71(75-52)61-39-49-70(50-40-61)74(68-45-35-59(36-46-68)55-27-23-53(24-28-55)57-31-41-66(42-32-57)72(62-14-6-2-7-15-62)63-16-8-3-9-17-63)69-47-37-60(38-48-69)56-29-25-54(26-30-56)58-33-43-67(44-34-58)73(64-18-10-4-11-19-64)65-20-12-5-13-21-65/h2-24,27-28,31-38,41-48,51,54,56,61,70H,25-26,29-30,39-40,49-50H2,1H3. The van der Waals surface area contributed by atoms with Crippen molar-refractivity contribution in [3.63, 3.8) is 0 Å². The van der Waals surface area contributed by atoms with E-state index in [-0.39, 0.29) is 0 Å². The van der Waals surface area contributed by atoms with E-state index < -0.39 is 0 Å². The van der Waals surface area contributed by atoms with Crippen LogP contribution in [0.2, 0.25) is 0 Å². The van der Waals surface area contributed by atoms with Crippen molar-refractivity contribution in [2.24, 2.45) is 0 Å². The van der Waals surface area contributed by atoms with Gasteiger partial charge in [-0.3, -0.25) is 0 Å². The molecule has 1 heterocycles. The monoisotopic (exact) mass is 991 g/mol. The Morgan fingerprint density at radius 1 is 0.280 bits per heavy atom. The molecule has 0 spiro atoms. The highest BCUT2D eigenvalue weighted by molar-refractivity contribution is 7.12. The Morgan fingerprint density at radius 2 is 0.573 bits per heavy atom. The van der Waals surface area contributed by atoms with Gasteiger partial charge in [0, 0.05) is 61.3 Å². The molecule has 0 radical (unpaired) electrons. The molecule has 370 valence electrons. The molecule has 4 heteroatoms. The normalized spacial score (nSPS) is 17.5. The van der Waals surface area contributed by atoms with E-state index in [1.165, 1.54) is 118 Å². The quantitative estimate of drug-likeness (QED) is 0.107. The molecule has 0 amide bonds. The van der Waals surface area contributed by atoms with Gasteiger partial charge in [-0.1, -0.05) is 146 Å². The minimum Gasteiger partial charge on any atom is -0.338 e. The lowest BCUT2D eigenvalue weighted by Gasteiger charge is -2.39. The minimum absolute atomic E-state index is 0.450. The molecular weight excluding hydrogens is 927 g/mol. The largest absolute Gasteiger partial charge is 0.338 e. The van der Waals surface area contributed by atoms with Crippen molar-refractivity contribution in [2.75, 3.05) is 14.7 Å². The lowest BCUT2D eigenvalue weighted by atomic mass is 9.76. The van der Waals surface area contributed by atoms with E-state index in [0.717, 1.165) is 17.1 Å². The molecule has 1 aromatic heterocycles. The van der Waals surface area contributed by atoms with Gasteiger partial charge in [0.05, 0.1) is 0 Å². The summed E-state index contributed by atoms with van der Waals surface area (Å²) in [6, 6.07) is 94.3. The van der Waals surface area contributed by atoms with E-state index in [2.05, 4.69) is 276 Å². The molecule has 0 unspecified atom stereocenters. The van der Waals surface area contributed by atoms with Crippen LogP contribution in [0.5, 0.6) is 0 Å². The van der Waals surface area contributed by atoms with E-state index >= 15 is 0 Å². The summed E-state index contributed by atoms with van der Waals surface area (Å²) in [7, 11) is 0. The maximum absolute atomic E-state index is 2.67. The average Bonchev–Trinajstić information content (AvgIpc) is 3.93. The van der Waals surface area contributed by atoms with Gasteiger partial charge < -0.3 is 14.7 Å².